The maximum atomic E-state index is 11.1. The minimum Gasteiger partial charge on any atom is -0.481 e. The molecule has 4 heteroatoms. The van der Waals surface area contributed by atoms with Crippen molar-refractivity contribution in [3.05, 3.63) is 0 Å². The molecule has 17 heavy (non-hydrogen) atoms. The molecule has 0 aromatic heterocycles. The Hall–Kier alpha value is -0.610. The first-order chi connectivity index (χ1) is 7.90. The third-order valence-corrected chi connectivity index (χ3v) is 4.43. The van der Waals surface area contributed by atoms with Crippen LogP contribution in [0, 0.1) is 17.3 Å². The molecule has 0 amide bonds. The van der Waals surface area contributed by atoms with E-state index in [-0.39, 0.29) is 0 Å². The van der Waals surface area contributed by atoms with Gasteiger partial charge in [0.25, 0.3) is 0 Å². The van der Waals surface area contributed by atoms with Gasteiger partial charge in [0.2, 0.25) is 0 Å². The number of nitrogens with two attached hydrogens (primary N) is 1. The van der Waals surface area contributed by atoms with Crippen molar-refractivity contribution in [2.75, 3.05) is 19.6 Å². The lowest BCUT2D eigenvalue weighted by Crippen LogP contribution is -2.40. The molecule has 3 N–H and O–H groups in total. The van der Waals surface area contributed by atoms with Crippen LogP contribution in [0.2, 0.25) is 0 Å². The highest BCUT2D eigenvalue weighted by molar-refractivity contribution is 5.73. The Morgan fingerprint density at radius 3 is 2.71 bits per heavy atom. The van der Waals surface area contributed by atoms with Crippen LogP contribution in [-0.2, 0) is 4.79 Å². The maximum Gasteiger partial charge on any atom is 0.310 e. The second kappa shape index (κ2) is 4.58. The number of nitrogens with zero attached hydrogens (tertiary/aromatic N) is 1. The monoisotopic (exact) mass is 240 g/mol. The van der Waals surface area contributed by atoms with Gasteiger partial charge in [-0.15, -0.1) is 0 Å². The summed E-state index contributed by atoms with van der Waals surface area (Å²) in [5.41, 5.74) is 5.51. The van der Waals surface area contributed by atoms with E-state index in [4.69, 9.17) is 10.8 Å². The number of carbonyl (C=O) groups is 1. The van der Waals surface area contributed by atoms with Gasteiger partial charge in [-0.05, 0) is 38.5 Å². The Balaban J connectivity index is 1.95. The molecule has 98 valence electrons. The molecule has 1 heterocycles. The fourth-order valence-electron chi connectivity index (χ4n) is 3.36. The molecule has 1 saturated heterocycles. The SMILES string of the molecule is CC(C)(CN1CC2CCCC(N)C2C1)C(=O)O. The van der Waals surface area contributed by atoms with Crippen LogP contribution in [0.3, 0.4) is 0 Å². The number of rotatable bonds is 3. The first-order valence-corrected chi connectivity index (χ1v) is 6.61. The third-order valence-electron chi connectivity index (χ3n) is 4.43. The number of fused-ring (bicyclic) bond motifs is 1. The van der Waals surface area contributed by atoms with Crippen LogP contribution in [0.25, 0.3) is 0 Å². The predicted molar refractivity (Wildman–Crippen MR) is 66.7 cm³/mol. The highest BCUT2D eigenvalue weighted by Crippen LogP contribution is 2.36. The molecule has 2 aliphatic rings. The van der Waals surface area contributed by atoms with Gasteiger partial charge < -0.3 is 15.7 Å². The highest BCUT2D eigenvalue weighted by atomic mass is 16.4. The molecule has 0 bridgehead atoms. The molecular weight excluding hydrogens is 216 g/mol. The number of aliphatic carboxylic acids is 1. The summed E-state index contributed by atoms with van der Waals surface area (Å²) in [7, 11) is 0. The van der Waals surface area contributed by atoms with Gasteiger partial charge in [0.1, 0.15) is 0 Å². The Kier molecular flexibility index (Phi) is 3.46. The zero-order valence-electron chi connectivity index (χ0n) is 10.9. The van der Waals surface area contributed by atoms with E-state index in [0.29, 0.717) is 24.4 Å². The van der Waals surface area contributed by atoms with Crippen LogP contribution in [0.5, 0.6) is 0 Å². The summed E-state index contributed by atoms with van der Waals surface area (Å²) in [6, 6.07) is 0.326. The van der Waals surface area contributed by atoms with E-state index < -0.39 is 11.4 Å². The van der Waals surface area contributed by atoms with Crippen molar-refractivity contribution in [3.8, 4) is 0 Å². The predicted octanol–water partition coefficient (Wildman–Crippen LogP) is 1.16. The van der Waals surface area contributed by atoms with E-state index >= 15 is 0 Å². The molecule has 1 aliphatic heterocycles. The minimum absolute atomic E-state index is 0.326. The second-order valence-corrected chi connectivity index (χ2v) is 6.40. The molecule has 3 atom stereocenters. The van der Waals surface area contributed by atoms with Gasteiger partial charge in [-0.3, -0.25) is 4.79 Å². The molecular formula is C13H24N2O2. The van der Waals surface area contributed by atoms with Crippen molar-refractivity contribution >= 4 is 5.97 Å². The fourth-order valence-corrected chi connectivity index (χ4v) is 3.36. The average molecular weight is 240 g/mol. The van der Waals surface area contributed by atoms with E-state index in [0.717, 1.165) is 19.5 Å². The average Bonchev–Trinajstić information content (AvgIpc) is 2.60. The molecule has 0 aromatic rings. The summed E-state index contributed by atoms with van der Waals surface area (Å²) in [5, 5.41) is 9.16. The normalized spacial score (nSPS) is 34.6. The van der Waals surface area contributed by atoms with Crippen molar-refractivity contribution in [1.82, 2.24) is 4.90 Å². The molecule has 1 saturated carbocycles. The number of hydrogen-bond acceptors (Lipinski definition) is 3. The summed E-state index contributed by atoms with van der Waals surface area (Å²) in [4.78, 5) is 13.4. The van der Waals surface area contributed by atoms with Gasteiger partial charge in [-0.1, -0.05) is 6.42 Å². The van der Waals surface area contributed by atoms with Crippen LogP contribution in [-0.4, -0.2) is 41.7 Å². The smallest absolute Gasteiger partial charge is 0.310 e. The summed E-state index contributed by atoms with van der Waals surface area (Å²) in [6.45, 7) is 6.27. The van der Waals surface area contributed by atoms with Crippen LogP contribution >= 0.6 is 0 Å². The Morgan fingerprint density at radius 2 is 2.12 bits per heavy atom. The first kappa shape index (κ1) is 12.8. The van der Waals surface area contributed by atoms with Crippen LogP contribution in [0.4, 0.5) is 0 Å². The molecule has 2 fully saturated rings. The summed E-state index contributed by atoms with van der Waals surface area (Å²) in [5.74, 6) is 0.577. The lowest BCUT2D eigenvalue weighted by atomic mass is 9.78. The van der Waals surface area contributed by atoms with E-state index in [9.17, 15) is 4.79 Å². The van der Waals surface area contributed by atoms with E-state index in [2.05, 4.69) is 4.90 Å². The van der Waals surface area contributed by atoms with Crippen molar-refractivity contribution in [2.45, 2.75) is 39.2 Å². The van der Waals surface area contributed by atoms with E-state index in [1.807, 2.05) is 0 Å². The lowest BCUT2D eigenvalue weighted by molar-refractivity contribution is -0.147. The quantitative estimate of drug-likeness (QED) is 0.777. The van der Waals surface area contributed by atoms with Crippen LogP contribution in [0.1, 0.15) is 33.1 Å². The fraction of sp³-hybridized carbons (Fsp3) is 0.923. The van der Waals surface area contributed by atoms with Gasteiger partial charge in [0, 0.05) is 25.7 Å². The van der Waals surface area contributed by atoms with Crippen molar-refractivity contribution in [2.24, 2.45) is 23.0 Å². The van der Waals surface area contributed by atoms with Gasteiger partial charge in [-0.2, -0.15) is 0 Å². The topological polar surface area (TPSA) is 66.6 Å². The zero-order valence-corrected chi connectivity index (χ0v) is 10.9. The largest absolute Gasteiger partial charge is 0.481 e. The standard InChI is InChI=1S/C13H24N2O2/c1-13(2,12(16)17)8-15-6-9-4-3-5-11(14)10(9)7-15/h9-11H,3-8,14H2,1-2H3,(H,16,17). The van der Waals surface area contributed by atoms with Crippen LogP contribution in [0.15, 0.2) is 0 Å². The summed E-state index contributed by atoms with van der Waals surface area (Å²) >= 11 is 0. The summed E-state index contributed by atoms with van der Waals surface area (Å²) in [6.07, 6.45) is 3.64. The molecule has 0 spiro atoms. The zero-order chi connectivity index (χ0) is 12.6. The van der Waals surface area contributed by atoms with Gasteiger partial charge in [-0.25, -0.2) is 0 Å². The van der Waals surface area contributed by atoms with Crippen molar-refractivity contribution in [3.63, 3.8) is 0 Å². The summed E-state index contributed by atoms with van der Waals surface area (Å²) < 4.78 is 0. The molecule has 2 rings (SSSR count). The molecule has 4 nitrogen and oxygen atoms in total. The van der Waals surface area contributed by atoms with E-state index in [1.54, 1.807) is 13.8 Å². The number of likely N-dealkylation sites (tertiary alicyclic amines) is 1. The van der Waals surface area contributed by atoms with Crippen LogP contribution < -0.4 is 5.73 Å². The first-order valence-electron chi connectivity index (χ1n) is 6.61. The highest BCUT2D eigenvalue weighted by Gasteiger charge is 2.41. The van der Waals surface area contributed by atoms with Gasteiger partial charge in [0.05, 0.1) is 5.41 Å². The number of hydrogen-bond donors (Lipinski definition) is 2. The van der Waals surface area contributed by atoms with Crippen molar-refractivity contribution < 1.29 is 9.90 Å². The maximum absolute atomic E-state index is 11.1. The molecule has 0 radical (unpaired) electrons. The van der Waals surface area contributed by atoms with Gasteiger partial charge in [0.15, 0.2) is 0 Å². The Labute approximate surface area is 103 Å². The number of carboxylic acids is 1. The van der Waals surface area contributed by atoms with Crippen molar-refractivity contribution in [1.29, 1.82) is 0 Å². The molecule has 1 aliphatic carbocycles. The number of carboxylic acid groups (broad SMARTS) is 1. The third kappa shape index (κ3) is 2.63. The molecule has 3 unspecified atom stereocenters. The second-order valence-electron chi connectivity index (χ2n) is 6.40. The Morgan fingerprint density at radius 1 is 1.41 bits per heavy atom. The van der Waals surface area contributed by atoms with Gasteiger partial charge >= 0.3 is 5.97 Å². The van der Waals surface area contributed by atoms with E-state index in [1.165, 1.54) is 12.8 Å². The molecule has 0 aromatic carbocycles. The lowest BCUT2D eigenvalue weighted by Gasteiger charge is -2.30. The minimum atomic E-state index is -0.711. The Bertz CT molecular complexity index is 304.